The number of nitrogens with zero attached hydrogens (tertiary/aromatic N) is 2. The van der Waals surface area contributed by atoms with Crippen molar-refractivity contribution in [2.75, 3.05) is 18.4 Å². The topological polar surface area (TPSA) is 69.7 Å². The number of amides is 3. The van der Waals surface area contributed by atoms with E-state index in [0.717, 1.165) is 25.9 Å². The van der Waals surface area contributed by atoms with Gasteiger partial charge in [0.2, 0.25) is 5.91 Å². The highest BCUT2D eigenvalue weighted by molar-refractivity contribution is 6.35. The SMILES string of the molecule is CC(=O)Nc1ccc(C2=C(N3CCC(C)CC3)C(=O)N(C(C)C)C2=O)cc1. The Labute approximate surface area is 160 Å². The predicted molar refractivity (Wildman–Crippen MR) is 105 cm³/mol. The van der Waals surface area contributed by atoms with Gasteiger partial charge in [-0.1, -0.05) is 19.1 Å². The van der Waals surface area contributed by atoms with Crippen LogP contribution < -0.4 is 5.32 Å². The quantitative estimate of drug-likeness (QED) is 0.829. The van der Waals surface area contributed by atoms with E-state index < -0.39 is 0 Å². The van der Waals surface area contributed by atoms with Gasteiger partial charge in [0.25, 0.3) is 11.8 Å². The van der Waals surface area contributed by atoms with E-state index in [9.17, 15) is 14.4 Å². The normalized spacial score (nSPS) is 18.7. The van der Waals surface area contributed by atoms with E-state index in [0.29, 0.717) is 28.4 Å². The largest absolute Gasteiger partial charge is 0.366 e. The molecule has 0 radical (unpaired) electrons. The molecule has 3 rings (SSSR count). The maximum absolute atomic E-state index is 13.1. The Morgan fingerprint density at radius 2 is 1.67 bits per heavy atom. The van der Waals surface area contributed by atoms with Crippen LogP contribution in [-0.4, -0.2) is 46.7 Å². The summed E-state index contributed by atoms with van der Waals surface area (Å²) >= 11 is 0. The predicted octanol–water partition coefficient (Wildman–Crippen LogP) is 2.87. The molecule has 6 heteroatoms. The van der Waals surface area contributed by atoms with E-state index in [2.05, 4.69) is 17.1 Å². The van der Waals surface area contributed by atoms with E-state index in [1.807, 2.05) is 13.8 Å². The van der Waals surface area contributed by atoms with E-state index >= 15 is 0 Å². The molecule has 2 aliphatic heterocycles. The number of rotatable bonds is 4. The fourth-order valence-corrected chi connectivity index (χ4v) is 3.71. The molecule has 3 amide bonds. The van der Waals surface area contributed by atoms with Crippen molar-refractivity contribution in [2.24, 2.45) is 5.92 Å². The standard InChI is InChI=1S/C21H27N3O3/c1-13(2)24-20(26)18(16-5-7-17(8-6-16)22-15(4)25)19(21(24)27)23-11-9-14(3)10-12-23/h5-8,13-14H,9-12H2,1-4H3,(H,22,25). The van der Waals surface area contributed by atoms with Gasteiger partial charge in [-0.25, -0.2) is 0 Å². The minimum Gasteiger partial charge on any atom is -0.366 e. The van der Waals surface area contributed by atoms with Crippen molar-refractivity contribution in [3.8, 4) is 0 Å². The second kappa shape index (κ2) is 7.55. The summed E-state index contributed by atoms with van der Waals surface area (Å²) in [6.07, 6.45) is 2.03. The number of likely N-dealkylation sites (tertiary alicyclic amines) is 1. The fraction of sp³-hybridized carbons (Fsp3) is 0.476. The summed E-state index contributed by atoms with van der Waals surface area (Å²) in [5.74, 6) is 0.0419. The Bertz CT molecular complexity index is 787. The summed E-state index contributed by atoms with van der Waals surface area (Å²) < 4.78 is 0. The summed E-state index contributed by atoms with van der Waals surface area (Å²) in [6, 6.07) is 6.91. The molecule has 1 N–H and O–H groups in total. The van der Waals surface area contributed by atoms with Crippen molar-refractivity contribution < 1.29 is 14.4 Å². The molecule has 144 valence electrons. The monoisotopic (exact) mass is 369 g/mol. The van der Waals surface area contributed by atoms with Crippen molar-refractivity contribution in [1.82, 2.24) is 9.80 Å². The van der Waals surface area contributed by atoms with Crippen molar-refractivity contribution >= 4 is 29.0 Å². The van der Waals surface area contributed by atoms with Gasteiger partial charge in [0.1, 0.15) is 5.70 Å². The maximum Gasteiger partial charge on any atom is 0.278 e. The van der Waals surface area contributed by atoms with Gasteiger partial charge in [-0.05, 0) is 50.3 Å². The summed E-state index contributed by atoms with van der Waals surface area (Å²) in [5.41, 5.74) is 2.36. The Hall–Kier alpha value is -2.63. The lowest BCUT2D eigenvalue weighted by Gasteiger charge is -2.33. The zero-order valence-corrected chi connectivity index (χ0v) is 16.4. The summed E-state index contributed by atoms with van der Waals surface area (Å²) in [6.45, 7) is 8.95. The lowest BCUT2D eigenvalue weighted by molar-refractivity contribution is -0.139. The van der Waals surface area contributed by atoms with E-state index in [-0.39, 0.29) is 23.8 Å². The first-order chi connectivity index (χ1) is 12.8. The van der Waals surface area contributed by atoms with Crippen LogP contribution in [0.3, 0.4) is 0 Å². The van der Waals surface area contributed by atoms with Gasteiger partial charge in [0.05, 0.1) is 5.57 Å². The van der Waals surface area contributed by atoms with Crippen LogP contribution in [-0.2, 0) is 14.4 Å². The van der Waals surface area contributed by atoms with Crippen LogP contribution in [0.4, 0.5) is 5.69 Å². The van der Waals surface area contributed by atoms with E-state index in [1.54, 1.807) is 24.3 Å². The van der Waals surface area contributed by atoms with Crippen LogP contribution in [0.25, 0.3) is 5.57 Å². The highest BCUT2D eigenvalue weighted by atomic mass is 16.2. The minimum atomic E-state index is -0.240. The molecule has 1 saturated heterocycles. The average Bonchev–Trinajstić information content (AvgIpc) is 2.86. The highest BCUT2D eigenvalue weighted by Gasteiger charge is 2.43. The minimum absolute atomic E-state index is 0.150. The molecule has 27 heavy (non-hydrogen) atoms. The number of benzene rings is 1. The maximum atomic E-state index is 13.1. The molecule has 0 spiro atoms. The van der Waals surface area contributed by atoms with Gasteiger partial charge in [-0.2, -0.15) is 0 Å². The third kappa shape index (κ3) is 3.75. The molecule has 0 bridgehead atoms. The van der Waals surface area contributed by atoms with Crippen LogP contribution in [0.5, 0.6) is 0 Å². The first-order valence-electron chi connectivity index (χ1n) is 9.54. The van der Waals surface area contributed by atoms with Gasteiger partial charge in [-0.15, -0.1) is 0 Å². The first kappa shape index (κ1) is 19.1. The van der Waals surface area contributed by atoms with Gasteiger partial charge in [0.15, 0.2) is 0 Å². The van der Waals surface area contributed by atoms with Crippen molar-refractivity contribution in [3.05, 3.63) is 35.5 Å². The Morgan fingerprint density at radius 3 is 2.19 bits per heavy atom. The van der Waals surface area contributed by atoms with Gasteiger partial charge in [-0.3, -0.25) is 19.3 Å². The Balaban J connectivity index is 2.01. The molecule has 6 nitrogen and oxygen atoms in total. The van der Waals surface area contributed by atoms with Crippen LogP contribution in [0.1, 0.15) is 46.1 Å². The molecule has 0 unspecified atom stereocenters. The molecule has 2 heterocycles. The molecule has 1 aromatic rings. The number of nitrogens with one attached hydrogen (secondary N) is 1. The molecule has 0 aromatic heterocycles. The molecule has 2 aliphatic rings. The second-order valence-electron chi connectivity index (χ2n) is 7.73. The number of piperidine rings is 1. The number of imide groups is 1. The van der Waals surface area contributed by atoms with Gasteiger partial charge < -0.3 is 10.2 Å². The lowest BCUT2D eigenvalue weighted by atomic mass is 9.97. The third-order valence-electron chi connectivity index (χ3n) is 5.20. The number of carbonyl (C=O) groups excluding carboxylic acids is 3. The van der Waals surface area contributed by atoms with Crippen LogP contribution in [0.2, 0.25) is 0 Å². The number of carbonyl (C=O) groups is 3. The molecule has 0 saturated carbocycles. The van der Waals surface area contributed by atoms with Crippen LogP contribution >= 0.6 is 0 Å². The fourth-order valence-electron chi connectivity index (χ4n) is 3.71. The Morgan fingerprint density at radius 1 is 1.07 bits per heavy atom. The lowest BCUT2D eigenvalue weighted by Crippen LogP contribution is -2.41. The summed E-state index contributed by atoms with van der Waals surface area (Å²) in [5, 5.41) is 2.72. The summed E-state index contributed by atoms with van der Waals surface area (Å²) in [4.78, 5) is 40.8. The molecular weight excluding hydrogens is 342 g/mol. The molecule has 1 aromatic carbocycles. The highest BCUT2D eigenvalue weighted by Crippen LogP contribution is 2.35. The molecule has 0 aliphatic carbocycles. The van der Waals surface area contributed by atoms with Crippen molar-refractivity contribution in [2.45, 2.75) is 46.6 Å². The smallest absolute Gasteiger partial charge is 0.278 e. The Kier molecular flexibility index (Phi) is 5.35. The number of anilines is 1. The zero-order valence-electron chi connectivity index (χ0n) is 16.4. The van der Waals surface area contributed by atoms with Crippen molar-refractivity contribution in [3.63, 3.8) is 0 Å². The zero-order chi connectivity index (χ0) is 19.7. The number of hydrogen-bond donors (Lipinski definition) is 1. The second-order valence-corrected chi connectivity index (χ2v) is 7.73. The van der Waals surface area contributed by atoms with Crippen LogP contribution in [0.15, 0.2) is 30.0 Å². The van der Waals surface area contributed by atoms with Gasteiger partial charge >= 0.3 is 0 Å². The average molecular weight is 369 g/mol. The van der Waals surface area contributed by atoms with Gasteiger partial charge in [0, 0.05) is 31.7 Å². The molecular formula is C21H27N3O3. The first-order valence-corrected chi connectivity index (χ1v) is 9.54. The van der Waals surface area contributed by atoms with E-state index in [1.165, 1.54) is 11.8 Å². The third-order valence-corrected chi connectivity index (χ3v) is 5.20. The summed E-state index contributed by atoms with van der Waals surface area (Å²) in [7, 11) is 0. The van der Waals surface area contributed by atoms with Crippen molar-refractivity contribution in [1.29, 1.82) is 0 Å². The molecule has 0 atom stereocenters. The van der Waals surface area contributed by atoms with Crippen LogP contribution in [0, 0.1) is 5.92 Å². The molecule has 1 fully saturated rings. The van der Waals surface area contributed by atoms with E-state index in [4.69, 9.17) is 0 Å². The number of hydrogen-bond acceptors (Lipinski definition) is 4.